The molecule has 0 aliphatic carbocycles. The lowest BCUT2D eigenvalue weighted by atomic mass is 10.0. The Balaban J connectivity index is 1.85. The SMILES string of the molecule is CCCCCCc1ccc2c(c1)N(CCC(C)S(=O)(=O)O)c1ccccc1S2. The maximum atomic E-state index is 11.5. The fraction of sp³-hybridized carbons (Fsp3) is 0.455. The van der Waals surface area contributed by atoms with E-state index >= 15 is 0 Å². The Hall–Kier alpha value is -1.50. The van der Waals surface area contributed by atoms with E-state index in [0.29, 0.717) is 13.0 Å². The van der Waals surface area contributed by atoms with Gasteiger partial charge < -0.3 is 4.90 Å². The summed E-state index contributed by atoms with van der Waals surface area (Å²) < 4.78 is 32.2. The zero-order valence-corrected chi connectivity index (χ0v) is 18.2. The molecule has 152 valence electrons. The van der Waals surface area contributed by atoms with Crippen molar-refractivity contribution in [1.82, 2.24) is 0 Å². The minimum Gasteiger partial charge on any atom is -0.340 e. The van der Waals surface area contributed by atoms with Crippen LogP contribution >= 0.6 is 11.8 Å². The van der Waals surface area contributed by atoms with Crippen LogP contribution in [0.25, 0.3) is 0 Å². The molecule has 1 atom stereocenters. The van der Waals surface area contributed by atoms with Gasteiger partial charge in [0.05, 0.1) is 16.6 Å². The lowest BCUT2D eigenvalue weighted by molar-refractivity contribution is 0.466. The lowest BCUT2D eigenvalue weighted by Crippen LogP contribution is -2.27. The normalized spacial score (nSPS) is 14.5. The first kappa shape index (κ1) is 21.2. The average Bonchev–Trinajstić information content (AvgIpc) is 2.67. The molecule has 6 heteroatoms. The highest BCUT2D eigenvalue weighted by molar-refractivity contribution is 7.99. The molecule has 1 aliphatic heterocycles. The number of nitrogens with zero attached hydrogens (tertiary/aromatic N) is 1. The van der Waals surface area contributed by atoms with Crippen molar-refractivity contribution in [3.63, 3.8) is 0 Å². The van der Waals surface area contributed by atoms with E-state index in [2.05, 4.69) is 42.2 Å². The number of benzene rings is 2. The average molecular weight is 420 g/mol. The molecule has 3 rings (SSSR count). The molecule has 0 bridgehead atoms. The molecule has 1 unspecified atom stereocenters. The second kappa shape index (κ2) is 9.33. The first-order valence-corrected chi connectivity index (χ1v) is 12.4. The van der Waals surface area contributed by atoms with Crippen molar-refractivity contribution in [3.05, 3.63) is 48.0 Å². The van der Waals surface area contributed by atoms with Gasteiger partial charge in [0, 0.05) is 16.3 Å². The number of para-hydroxylation sites is 1. The largest absolute Gasteiger partial charge is 0.340 e. The highest BCUT2D eigenvalue weighted by atomic mass is 32.2. The monoisotopic (exact) mass is 419 g/mol. The van der Waals surface area contributed by atoms with Crippen LogP contribution in [0.15, 0.2) is 52.3 Å². The Morgan fingerprint density at radius 3 is 2.54 bits per heavy atom. The number of unbranched alkanes of at least 4 members (excludes halogenated alkanes) is 3. The van der Waals surface area contributed by atoms with Crippen LogP contribution in [-0.2, 0) is 16.5 Å². The summed E-state index contributed by atoms with van der Waals surface area (Å²) in [7, 11) is -4.02. The topological polar surface area (TPSA) is 57.6 Å². The fourth-order valence-corrected chi connectivity index (χ4v) is 4.97. The van der Waals surface area contributed by atoms with E-state index < -0.39 is 15.4 Å². The van der Waals surface area contributed by atoms with Crippen LogP contribution in [0.1, 0.15) is 51.5 Å². The maximum absolute atomic E-state index is 11.5. The van der Waals surface area contributed by atoms with E-state index in [9.17, 15) is 13.0 Å². The van der Waals surface area contributed by atoms with Gasteiger partial charge in [0.1, 0.15) is 0 Å². The standard InChI is InChI=1S/C22H29NO3S2/c1-3-4-5-6-9-18-12-13-22-20(16-18)23(15-14-17(2)28(24,25)26)19-10-7-8-11-21(19)27-22/h7-8,10-13,16-17H,3-6,9,14-15H2,1-2H3,(H,24,25,26). The minimum atomic E-state index is -4.02. The third-order valence-corrected chi connectivity index (χ3v) is 7.66. The molecule has 4 nitrogen and oxygen atoms in total. The molecule has 0 fully saturated rings. The summed E-state index contributed by atoms with van der Waals surface area (Å²) in [6.45, 7) is 4.33. The summed E-state index contributed by atoms with van der Waals surface area (Å²) in [6.07, 6.45) is 6.38. The van der Waals surface area contributed by atoms with E-state index in [-0.39, 0.29) is 0 Å². The van der Waals surface area contributed by atoms with Gasteiger partial charge in [-0.15, -0.1) is 0 Å². The van der Waals surface area contributed by atoms with Gasteiger partial charge in [-0.3, -0.25) is 4.55 Å². The van der Waals surface area contributed by atoms with Crippen molar-refractivity contribution in [1.29, 1.82) is 0 Å². The fourth-order valence-electron chi connectivity index (χ4n) is 3.49. The molecule has 0 saturated carbocycles. The number of rotatable bonds is 9. The Morgan fingerprint density at radius 1 is 1.04 bits per heavy atom. The molecule has 0 spiro atoms. The number of aryl methyl sites for hydroxylation is 1. The molecule has 2 aromatic carbocycles. The molecule has 1 heterocycles. The Kier molecular flexibility index (Phi) is 7.07. The van der Waals surface area contributed by atoms with Gasteiger partial charge in [0.15, 0.2) is 0 Å². The van der Waals surface area contributed by atoms with Crippen LogP contribution in [0, 0.1) is 0 Å². The van der Waals surface area contributed by atoms with Crippen molar-refractivity contribution in [2.45, 2.75) is 67.4 Å². The first-order chi connectivity index (χ1) is 13.4. The highest BCUT2D eigenvalue weighted by Crippen LogP contribution is 2.48. The number of hydrogen-bond donors (Lipinski definition) is 1. The Labute approximate surface area is 173 Å². The van der Waals surface area contributed by atoms with E-state index in [0.717, 1.165) is 17.8 Å². The van der Waals surface area contributed by atoms with E-state index in [1.54, 1.807) is 18.7 Å². The highest BCUT2D eigenvalue weighted by Gasteiger charge is 2.25. The second-order valence-corrected chi connectivity index (χ2v) is 10.4. The zero-order valence-electron chi connectivity index (χ0n) is 16.6. The zero-order chi connectivity index (χ0) is 20.1. The summed E-state index contributed by atoms with van der Waals surface area (Å²) in [6, 6.07) is 14.9. The molecule has 0 amide bonds. The molecular formula is C22H29NO3S2. The summed E-state index contributed by atoms with van der Waals surface area (Å²) in [5.74, 6) is 0. The number of anilines is 2. The maximum Gasteiger partial charge on any atom is 0.267 e. The summed E-state index contributed by atoms with van der Waals surface area (Å²) in [5.41, 5.74) is 3.56. The van der Waals surface area contributed by atoms with E-state index in [1.165, 1.54) is 41.0 Å². The van der Waals surface area contributed by atoms with Crippen LogP contribution < -0.4 is 4.90 Å². The summed E-state index contributed by atoms with van der Waals surface area (Å²) >= 11 is 1.76. The molecule has 0 saturated heterocycles. The van der Waals surface area contributed by atoms with Crippen molar-refractivity contribution in [3.8, 4) is 0 Å². The van der Waals surface area contributed by atoms with Gasteiger partial charge in [-0.1, -0.05) is 56.1 Å². The molecule has 0 radical (unpaired) electrons. The molecule has 1 aliphatic rings. The predicted octanol–water partition coefficient (Wildman–Crippen LogP) is 6.08. The van der Waals surface area contributed by atoms with Crippen LogP contribution in [0.5, 0.6) is 0 Å². The van der Waals surface area contributed by atoms with E-state index in [4.69, 9.17) is 0 Å². The van der Waals surface area contributed by atoms with Gasteiger partial charge in [0.2, 0.25) is 0 Å². The Bertz CT molecular complexity index is 912. The van der Waals surface area contributed by atoms with Crippen LogP contribution in [0.4, 0.5) is 11.4 Å². The minimum absolute atomic E-state index is 0.373. The molecular weight excluding hydrogens is 390 g/mol. The van der Waals surface area contributed by atoms with Gasteiger partial charge >= 0.3 is 0 Å². The first-order valence-electron chi connectivity index (χ1n) is 10.0. The van der Waals surface area contributed by atoms with Gasteiger partial charge in [-0.25, -0.2) is 0 Å². The van der Waals surface area contributed by atoms with Crippen LogP contribution in [0.2, 0.25) is 0 Å². The third kappa shape index (κ3) is 5.10. The summed E-state index contributed by atoms with van der Waals surface area (Å²) in [5, 5.41) is -0.782. The van der Waals surface area contributed by atoms with Crippen molar-refractivity contribution in [2.24, 2.45) is 0 Å². The molecule has 0 aromatic heterocycles. The van der Waals surface area contributed by atoms with Crippen molar-refractivity contribution in [2.75, 3.05) is 11.4 Å². The van der Waals surface area contributed by atoms with Gasteiger partial charge in [-0.2, -0.15) is 8.42 Å². The number of fused-ring (bicyclic) bond motifs is 2. The van der Waals surface area contributed by atoms with Gasteiger partial charge in [-0.05, 0) is 56.0 Å². The quantitative estimate of drug-likeness (QED) is 0.394. The Morgan fingerprint density at radius 2 is 1.79 bits per heavy atom. The molecule has 2 aromatic rings. The molecule has 28 heavy (non-hydrogen) atoms. The smallest absolute Gasteiger partial charge is 0.267 e. The number of hydrogen-bond acceptors (Lipinski definition) is 4. The van der Waals surface area contributed by atoms with Crippen molar-refractivity contribution >= 4 is 33.3 Å². The molecule has 1 N–H and O–H groups in total. The van der Waals surface area contributed by atoms with Crippen molar-refractivity contribution < 1.29 is 13.0 Å². The predicted molar refractivity (Wildman–Crippen MR) is 117 cm³/mol. The lowest BCUT2D eigenvalue weighted by Gasteiger charge is -2.33. The summed E-state index contributed by atoms with van der Waals surface area (Å²) in [4.78, 5) is 4.57. The van der Waals surface area contributed by atoms with Crippen LogP contribution in [0.3, 0.4) is 0 Å². The second-order valence-electron chi connectivity index (χ2n) is 7.45. The van der Waals surface area contributed by atoms with Gasteiger partial charge in [0.25, 0.3) is 10.1 Å². The van der Waals surface area contributed by atoms with Crippen LogP contribution in [-0.4, -0.2) is 24.8 Å². The van der Waals surface area contributed by atoms with E-state index in [1.807, 2.05) is 12.1 Å². The third-order valence-electron chi connectivity index (χ3n) is 5.28.